The number of ether oxygens (including phenoxy) is 1. The van der Waals surface area contributed by atoms with Crippen LogP contribution >= 0.6 is 0 Å². The first-order chi connectivity index (χ1) is 33.1. The number of rotatable bonds is 36. The van der Waals surface area contributed by atoms with E-state index in [4.69, 9.17) is 10.5 Å². The van der Waals surface area contributed by atoms with Gasteiger partial charge in [0.2, 0.25) is 5.91 Å². The summed E-state index contributed by atoms with van der Waals surface area (Å²) in [5.41, 5.74) is 8.68. The molecule has 0 radical (unpaired) electrons. The summed E-state index contributed by atoms with van der Waals surface area (Å²) in [7, 11) is 13.6. The van der Waals surface area contributed by atoms with Gasteiger partial charge >= 0.3 is 5.97 Å². The molecule has 11 nitrogen and oxygen atoms in total. The fourth-order valence-corrected chi connectivity index (χ4v) is 11.2. The van der Waals surface area contributed by atoms with Crippen molar-refractivity contribution in [1.82, 2.24) is 5.32 Å². The van der Waals surface area contributed by atoms with Crippen molar-refractivity contribution in [3.8, 4) is 0 Å². The molecule has 7 unspecified atom stereocenters. The summed E-state index contributed by atoms with van der Waals surface area (Å²) in [6, 6.07) is 17.6. The number of nitrogens with two attached hydrogens (primary N) is 1. The largest absolute Gasteiger partial charge is 0.550 e. The topological polar surface area (TPSA) is 139 Å². The minimum Gasteiger partial charge on any atom is -0.550 e. The fourth-order valence-electron chi connectivity index (χ4n) is 11.2. The Morgan fingerprint density at radius 3 is 1.76 bits per heavy atom. The first-order valence-electron chi connectivity index (χ1n) is 27.7. The molecular weight excluding hydrogens is 875 g/mol. The molecule has 3 N–H and O–H groups in total. The molecule has 0 spiro atoms. The highest BCUT2D eigenvalue weighted by molar-refractivity contribution is 5.94. The summed E-state index contributed by atoms with van der Waals surface area (Å²) in [5.74, 6) is -4.72. The maximum atomic E-state index is 14.7. The molecule has 3 rings (SSSR count). The van der Waals surface area contributed by atoms with Gasteiger partial charge in [-0.3, -0.25) is 14.4 Å². The SMILES string of the molecule is CCCCCCCC[N+](C)(C)CC(C[N+](C)(C)CCCCCCCC)OC(=O)C(C)CC(CC1CC(NC(=O)c2ccccc2)CC1C(CC(CC)C(N)=O)C(=O)[O-])c1ccc(C[N+](C)(C)CC)cc1. The summed E-state index contributed by atoms with van der Waals surface area (Å²) in [5, 5.41) is 16.4. The van der Waals surface area contributed by atoms with E-state index in [2.05, 4.69) is 92.6 Å². The van der Waals surface area contributed by atoms with Gasteiger partial charge in [0.05, 0.1) is 67.8 Å². The lowest BCUT2D eigenvalue weighted by molar-refractivity contribution is -0.914. The standard InChI is InChI=1S/C59H99N5O6/c1-12-16-18-20-22-27-35-63(8,9)43-53(44-64(10,11)36-28-23-21-19-17-13-2)70-59(69)45(5)37-50(48-33-31-46(32-34-48)42-62(6,7)15-4)38-51-39-52(61-57(66)49-29-25-24-26-30-49)41-54(51)55(58(67)68)40-47(14-3)56(60)65/h24-26,29-34,45,47,50-55H,12-23,27-28,35-44H2,1-11H3,(H-3,60,61,65,66,67,68)/p+2. The van der Waals surface area contributed by atoms with Gasteiger partial charge in [0.25, 0.3) is 5.91 Å². The van der Waals surface area contributed by atoms with Crippen LogP contribution in [0, 0.1) is 29.6 Å². The quantitative estimate of drug-likeness (QED) is 0.0397. The number of hydrogen-bond donors (Lipinski definition) is 2. The van der Waals surface area contributed by atoms with Crippen LogP contribution in [0.2, 0.25) is 0 Å². The van der Waals surface area contributed by atoms with Crippen LogP contribution in [0.25, 0.3) is 0 Å². The van der Waals surface area contributed by atoms with Crippen molar-refractivity contribution in [3.63, 3.8) is 0 Å². The number of likely N-dealkylation sites (N-methyl/N-ethyl adjacent to an activating group) is 2. The van der Waals surface area contributed by atoms with Crippen molar-refractivity contribution in [2.45, 2.75) is 175 Å². The van der Waals surface area contributed by atoms with E-state index in [1.807, 2.05) is 32.0 Å². The third-order valence-electron chi connectivity index (χ3n) is 15.8. The lowest BCUT2D eigenvalue weighted by Crippen LogP contribution is -2.54. The number of nitrogens with zero attached hydrogens (tertiary/aromatic N) is 3. The molecule has 2 aromatic rings. The Hall–Kier alpha value is -3.80. The Morgan fingerprint density at radius 2 is 1.26 bits per heavy atom. The molecule has 0 aromatic heterocycles. The van der Waals surface area contributed by atoms with E-state index in [0.717, 1.165) is 71.1 Å². The average Bonchev–Trinajstić information content (AvgIpc) is 3.69. The van der Waals surface area contributed by atoms with Gasteiger partial charge in [-0.15, -0.1) is 0 Å². The molecule has 7 atom stereocenters. The van der Waals surface area contributed by atoms with Crippen LogP contribution in [0.15, 0.2) is 54.6 Å². The zero-order valence-electron chi connectivity index (χ0n) is 46.2. The third-order valence-corrected chi connectivity index (χ3v) is 15.8. The van der Waals surface area contributed by atoms with Gasteiger partial charge in [-0.2, -0.15) is 0 Å². The zero-order valence-corrected chi connectivity index (χ0v) is 46.2. The second kappa shape index (κ2) is 30.3. The van der Waals surface area contributed by atoms with Crippen molar-refractivity contribution >= 4 is 23.8 Å². The van der Waals surface area contributed by atoms with Gasteiger partial charge in [-0.1, -0.05) is 122 Å². The first kappa shape index (κ1) is 60.5. The third kappa shape index (κ3) is 21.9. The second-order valence-electron chi connectivity index (χ2n) is 23.6. The Morgan fingerprint density at radius 1 is 0.714 bits per heavy atom. The molecule has 1 saturated carbocycles. The van der Waals surface area contributed by atoms with Gasteiger partial charge < -0.3 is 39.1 Å². The highest BCUT2D eigenvalue weighted by Crippen LogP contribution is 2.46. The fraction of sp³-hybridized carbons (Fsp3) is 0.729. The molecule has 2 aromatic carbocycles. The van der Waals surface area contributed by atoms with E-state index in [1.165, 1.54) is 69.8 Å². The minimum absolute atomic E-state index is 0.0884. The molecule has 0 bridgehead atoms. The van der Waals surface area contributed by atoms with Crippen LogP contribution < -0.4 is 16.2 Å². The van der Waals surface area contributed by atoms with Gasteiger partial charge in [0.15, 0.2) is 6.10 Å². The number of amides is 2. The van der Waals surface area contributed by atoms with Crippen LogP contribution in [0.3, 0.4) is 0 Å². The average molecular weight is 976 g/mol. The van der Waals surface area contributed by atoms with Gasteiger partial charge in [0.1, 0.15) is 19.6 Å². The number of carboxylic acids is 1. The number of quaternary nitrogens is 3. The second-order valence-corrected chi connectivity index (χ2v) is 23.6. The maximum Gasteiger partial charge on any atom is 0.309 e. The van der Waals surface area contributed by atoms with Gasteiger partial charge in [-0.25, -0.2) is 0 Å². The van der Waals surface area contributed by atoms with E-state index < -0.39 is 29.6 Å². The number of nitrogens with one attached hydrogen (secondary N) is 1. The summed E-state index contributed by atoms with van der Waals surface area (Å²) in [4.78, 5) is 53.9. The van der Waals surface area contributed by atoms with Crippen LogP contribution in [-0.2, 0) is 25.7 Å². The monoisotopic (exact) mass is 976 g/mol. The molecule has 2 amide bonds. The summed E-state index contributed by atoms with van der Waals surface area (Å²) in [6.07, 6.45) is 17.3. The summed E-state index contributed by atoms with van der Waals surface area (Å²) in [6.45, 7) is 16.0. The van der Waals surface area contributed by atoms with Crippen molar-refractivity contribution in [1.29, 1.82) is 0 Å². The van der Waals surface area contributed by atoms with Crippen LogP contribution in [0.1, 0.15) is 178 Å². The number of aliphatic carboxylic acids is 1. The molecule has 0 saturated heterocycles. The number of hydrogen-bond acceptors (Lipinski definition) is 6. The predicted octanol–water partition coefficient (Wildman–Crippen LogP) is 9.66. The maximum absolute atomic E-state index is 14.7. The van der Waals surface area contributed by atoms with Crippen LogP contribution in [-0.4, -0.2) is 124 Å². The Kier molecular flexibility index (Phi) is 26.2. The van der Waals surface area contributed by atoms with Crippen molar-refractivity contribution < 1.29 is 42.5 Å². The van der Waals surface area contributed by atoms with E-state index >= 15 is 0 Å². The summed E-state index contributed by atoms with van der Waals surface area (Å²) < 4.78 is 9.15. The number of benzene rings is 2. The van der Waals surface area contributed by atoms with Crippen molar-refractivity contribution in [2.75, 3.05) is 75.0 Å². The van der Waals surface area contributed by atoms with E-state index in [9.17, 15) is 24.3 Å². The van der Waals surface area contributed by atoms with Gasteiger partial charge in [-0.05, 0) is 107 Å². The highest BCUT2D eigenvalue weighted by Gasteiger charge is 2.43. The first-order valence-corrected chi connectivity index (χ1v) is 27.7. The lowest BCUT2D eigenvalue weighted by atomic mass is 9.73. The molecule has 396 valence electrons. The minimum atomic E-state index is -1.19. The van der Waals surface area contributed by atoms with E-state index in [0.29, 0.717) is 37.7 Å². The molecular formula is C59H101N5O6+2. The predicted molar refractivity (Wildman–Crippen MR) is 284 cm³/mol. The number of primary amides is 1. The van der Waals surface area contributed by atoms with Crippen LogP contribution in [0.4, 0.5) is 0 Å². The molecule has 1 fully saturated rings. The Bertz CT molecular complexity index is 1800. The molecule has 0 aliphatic heterocycles. The van der Waals surface area contributed by atoms with E-state index in [-0.39, 0.29) is 48.2 Å². The Balaban J connectivity index is 1.98. The number of esters is 1. The molecule has 0 heterocycles. The number of carbonyl (C=O) groups excluding carboxylic acids is 4. The molecule has 11 heteroatoms. The highest BCUT2D eigenvalue weighted by atomic mass is 16.5. The van der Waals surface area contributed by atoms with E-state index in [1.54, 1.807) is 12.1 Å². The molecule has 70 heavy (non-hydrogen) atoms. The Labute approximate surface area is 426 Å². The normalized spacial score (nSPS) is 18.3. The van der Waals surface area contributed by atoms with Crippen LogP contribution in [0.5, 0.6) is 0 Å². The molecule has 1 aliphatic carbocycles. The molecule has 1 aliphatic rings. The zero-order chi connectivity index (χ0) is 51.9. The lowest BCUT2D eigenvalue weighted by Gasteiger charge is -2.38. The smallest absolute Gasteiger partial charge is 0.309 e. The number of unbranched alkanes of at least 4 members (excludes halogenated alkanes) is 10. The van der Waals surface area contributed by atoms with Crippen molar-refractivity contribution in [2.24, 2.45) is 35.3 Å². The number of carboxylic acid groups (broad SMARTS) is 1. The number of carbonyl (C=O) groups is 4. The van der Waals surface area contributed by atoms with Crippen molar-refractivity contribution in [3.05, 3.63) is 71.3 Å². The van der Waals surface area contributed by atoms with Gasteiger partial charge in [0, 0.05) is 35.0 Å². The summed E-state index contributed by atoms with van der Waals surface area (Å²) >= 11 is 0.